The van der Waals surface area contributed by atoms with E-state index in [0.29, 0.717) is 5.56 Å². The number of amides is 1. The number of fused-ring (bicyclic) bond motifs is 3. The third-order valence-corrected chi connectivity index (χ3v) is 5.30. The zero-order valence-corrected chi connectivity index (χ0v) is 14.0. The van der Waals surface area contributed by atoms with E-state index in [0.717, 1.165) is 49.0 Å². The van der Waals surface area contributed by atoms with Gasteiger partial charge in [0.1, 0.15) is 5.82 Å². The second-order valence-electron chi connectivity index (χ2n) is 6.95. The zero-order valence-electron chi connectivity index (χ0n) is 14.0. The van der Waals surface area contributed by atoms with Crippen LogP contribution in [-0.2, 0) is 13.0 Å². The van der Waals surface area contributed by atoms with Crippen LogP contribution in [0.25, 0.3) is 11.0 Å². The van der Waals surface area contributed by atoms with Gasteiger partial charge in [-0.25, -0.2) is 4.98 Å². The van der Waals surface area contributed by atoms with Gasteiger partial charge in [-0.15, -0.1) is 0 Å². The third-order valence-electron chi connectivity index (χ3n) is 5.30. The van der Waals surface area contributed by atoms with Crippen LogP contribution in [0.15, 0.2) is 18.2 Å². The van der Waals surface area contributed by atoms with Gasteiger partial charge in [-0.3, -0.25) is 9.69 Å². The number of hydrogen-bond donors (Lipinski definition) is 0. The first-order chi connectivity index (χ1) is 11.1. The summed E-state index contributed by atoms with van der Waals surface area (Å²) in [5.41, 5.74) is 2.82. The monoisotopic (exact) mass is 312 g/mol. The predicted molar refractivity (Wildman–Crippen MR) is 90.7 cm³/mol. The quantitative estimate of drug-likeness (QED) is 0.853. The summed E-state index contributed by atoms with van der Waals surface area (Å²) in [6, 6.07) is 6.72. The van der Waals surface area contributed by atoms with Crippen molar-refractivity contribution < 1.29 is 4.79 Å². The van der Waals surface area contributed by atoms with E-state index in [9.17, 15) is 4.79 Å². The Kier molecular flexibility index (Phi) is 3.60. The lowest BCUT2D eigenvalue weighted by Crippen LogP contribution is -2.41. The highest BCUT2D eigenvalue weighted by atomic mass is 16.2. The second kappa shape index (κ2) is 5.64. The molecule has 1 aliphatic heterocycles. The number of carbonyl (C=O) groups excluding carboxylic acids is 1. The van der Waals surface area contributed by atoms with Gasteiger partial charge in [0.2, 0.25) is 0 Å². The SMILES string of the molecule is CN(C)C(=O)c1ccc2c(c1)nc1n2CCN(C2CCC2)CC1. The van der Waals surface area contributed by atoms with Crippen LogP contribution in [0.2, 0.25) is 0 Å². The van der Waals surface area contributed by atoms with E-state index in [1.807, 2.05) is 12.1 Å². The van der Waals surface area contributed by atoms with Crippen molar-refractivity contribution in [3.8, 4) is 0 Å². The summed E-state index contributed by atoms with van der Waals surface area (Å²) in [6.45, 7) is 3.22. The summed E-state index contributed by atoms with van der Waals surface area (Å²) < 4.78 is 2.35. The van der Waals surface area contributed by atoms with Crippen LogP contribution in [0.1, 0.15) is 35.4 Å². The zero-order chi connectivity index (χ0) is 16.0. The molecule has 1 aromatic carbocycles. The average molecular weight is 312 g/mol. The number of imidazole rings is 1. The molecule has 2 aliphatic rings. The lowest BCUT2D eigenvalue weighted by Gasteiger charge is -2.36. The number of benzene rings is 1. The minimum atomic E-state index is 0.0336. The number of aromatic nitrogens is 2. The highest BCUT2D eigenvalue weighted by Crippen LogP contribution is 2.27. The molecule has 1 fully saturated rings. The fourth-order valence-corrected chi connectivity index (χ4v) is 3.71. The average Bonchev–Trinajstić information content (AvgIpc) is 2.71. The van der Waals surface area contributed by atoms with Crippen LogP contribution in [0.3, 0.4) is 0 Å². The minimum absolute atomic E-state index is 0.0336. The number of hydrogen-bond acceptors (Lipinski definition) is 3. The Morgan fingerprint density at radius 3 is 2.74 bits per heavy atom. The minimum Gasteiger partial charge on any atom is -0.345 e. The molecule has 1 amide bonds. The van der Waals surface area contributed by atoms with E-state index < -0.39 is 0 Å². The maximum absolute atomic E-state index is 12.1. The van der Waals surface area contributed by atoms with Crippen molar-refractivity contribution in [2.24, 2.45) is 0 Å². The Bertz CT molecular complexity index is 745. The molecule has 0 radical (unpaired) electrons. The van der Waals surface area contributed by atoms with Crippen LogP contribution in [0, 0.1) is 0 Å². The summed E-state index contributed by atoms with van der Waals surface area (Å²) >= 11 is 0. The van der Waals surface area contributed by atoms with Crippen molar-refractivity contribution >= 4 is 16.9 Å². The van der Waals surface area contributed by atoms with Gasteiger partial charge in [-0.2, -0.15) is 0 Å². The maximum atomic E-state index is 12.1. The molecular formula is C18H24N4O. The molecule has 4 rings (SSSR count). The Hall–Kier alpha value is -1.88. The van der Waals surface area contributed by atoms with Crippen LogP contribution in [-0.4, -0.2) is 58.5 Å². The van der Waals surface area contributed by atoms with Gasteiger partial charge in [-0.05, 0) is 31.0 Å². The Balaban J connectivity index is 1.63. The molecular weight excluding hydrogens is 288 g/mol. The van der Waals surface area contributed by atoms with E-state index >= 15 is 0 Å². The van der Waals surface area contributed by atoms with Crippen molar-refractivity contribution in [3.63, 3.8) is 0 Å². The summed E-state index contributed by atoms with van der Waals surface area (Å²) in [4.78, 5) is 21.2. The first-order valence-electron chi connectivity index (χ1n) is 8.58. The highest BCUT2D eigenvalue weighted by Gasteiger charge is 2.27. The third kappa shape index (κ3) is 2.53. The topological polar surface area (TPSA) is 41.4 Å². The molecule has 122 valence electrons. The Morgan fingerprint density at radius 2 is 2.04 bits per heavy atom. The predicted octanol–water partition coefficient (Wildman–Crippen LogP) is 2.15. The number of nitrogens with zero attached hydrogens (tertiary/aromatic N) is 4. The van der Waals surface area contributed by atoms with Gasteiger partial charge < -0.3 is 9.47 Å². The molecule has 0 saturated heterocycles. The molecule has 0 spiro atoms. The van der Waals surface area contributed by atoms with E-state index in [1.165, 1.54) is 19.3 Å². The fraction of sp³-hybridized carbons (Fsp3) is 0.556. The molecule has 0 atom stereocenters. The summed E-state index contributed by atoms with van der Waals surface area (Å²) in [5.74, 6) is 1.20. The van der Waals surface area contributed by atoms with Crippen molar-refractivity contribution in [1.29, 1.82) is 0 Å². The van der Waals surface area contributed by atoms with Crippen molar-refractivity contribution in [3.05, 3.63) is 29.6 Å². The van der Waals surface area contributed by atoms with Crippen LogP contribution in [0.5, 0.6) is 0 Å². The van der Waals surface area contributed by atoms with Gasteiger partial charge in [-0.1, -0.05) is 6.42 Å². The van der Waals surface area contributed by atoms with Gasteiger partial charge >= 0.3 is 0 Å². The molecule has 1 aromatic heterocycles. The number of carbonyl (C=O) groups is 1. The highest BCUT2D eigenvalue weighted by molar-refractivity contribution is 5.97. The van der Waals surface area contributed by atoms with Crippen LogP contribution < -0.4 is 0 Å². The lowest BCUT2D eigenvalue weighted by molar-refractivity contribution is 0.0827. The summed E-state index contributed by atoms with van der Waals surface area (Å²) in [5, 5.41) is 0. The van der Waals surface area contributed by atoms with E-state index in [4.69, 9.17) is 4.98 Å². The van der Waals surface area contributed by atoms with E-state index in [2.05, 4.69) is 15.5 Å². The normalized spacial score (nSPS) is 19.2. The largest absolute Gasteiger partial charge is 0.345 e. The molecule has 2 aromatic rings. The van der Waals surface area contributed by atoms with Crippen molar-refractivity contribution in [1.82, 2.24) is 19.4 Å². The molecule has 0 N–H and O–H groups in total. The molecule has 1 saturated carbocycles. The second-order valence-corrected chi connectivity index (χ2v) is 6.95. The fourth-order valence-electron chi connectivity index (χ4n) is 3.71. The standard InChI is InChI=1S/C18H24N4O/c1-20(2)18(23)13-6-7-16-15(12-13)19-17-8-9-21(10-11-22(16)17)14-4-3-5-14/h6-7,12,14H,3-5,8-11H2,1-2H3. The molecule has 23 heavy (non-hydrogen) atoms. The molecule has 0 unspecified atom stereocenters. The van der Waals surface area contributed by atoms with Gasteiger partial charge in [0.15, 0.2) is 0 Å². The van der Waals surface area contributed by atoms with Crippen LogP contribution in [0.4, 0.5) is 0 Å². The summed E-state index contributed by atoms with van der Waals surface area (Å²) in [7, 11) is 3.56. The van der Waals surface area contributed by atoms with Crippen LogP contribution >= 0.6 is 0 Å². The number of rotatable bonds is 2. The van der Waals surface area contributed by atoms with Gasteiger partial charge in [0, 0.05) is 51.8 Å². The summed E-state index contributed by atoms with van der Waals surface area (Å²) in [6.07, 6.45) is 5.11. The van der Waals surface area contributed by atoms with Crippen molar-refractivity contribution in [2.75, 3.05) is 27.2 Å². The molecule has 2 heterocycles. The Morgan fingerprint density at radius 1 is 1.22 bits per heavy atom. The Labute approximate surface area is 136 Å². The molecule has 5 heteroatoms. The van der Waals surface area contributed by atoms with Gasteiger partial charge in [0.25, 0.3) is 5.91 Å². The molecule has 5 nitrogen and oxygen atoms in total. The first kappa shape index (κ1) is 14.7. The molecule has 1 aliphatic carbocycles. The van der Waals surface area contributed by atoms with Gasteiger partial charge in [0.05, 0.1) is 11.0 Å². The lowest BCUT2D eigenvalue weighted by atomic mass is 9.91. The van der Waals surface area contributed by atoms with Crippen molar-refractivity contribution in [2.45, 2.75) is 38.3 Å². The molecule has 0 bridgehead atoms. The van der Waals surface area contributed by atoms with E-state index in [-0.39, 0.29) is 5.91 Å². The maximum Gasteiger partial charge on any atom is 0.253 e. The van der Waals surface area contributed by atoms with E-state index in [1.54, 1.807) is 19.0 Å². The first-order valence-corrected chi connectivity index (χ1v) is 8.58. The smallest absolute Gasteiger partial charge is 0.253 e.